The summed E-state index contributed by atoms with van der Waals surface area (Å²) in [5.41, 5.74) is 2.33. The number of amides is 1. The number of nitrogens with zero attached hydrogens (tertiary/aromatic N) is 4. The summed E-state index contributed by atoms with van der Waals surface area (Å²) in [6.07, 6.45) is 2.16. The molecule has 3 aromatic rings. The summed E-state index contributed by atoms with van der Waals surface area (Å²) in [5, 5.41) is 0. The van der Waals surface area contributed by atoms with Crippen molar-refractivity contribution in [3.05, 3.63) is 84.1 Å². The summed E-state index contributed by atoms with van der Waals surface area (Å²) >= 11 is 0. The molecular weight excluding hydrogens is 376 g/mol. The quantitative estimate of drug-likeness (QED) is 0.633. The maximum Gasteiger partial charge on any atom is 0.228 e. The lowest BCUT2D eigenvalue weighted by Crippen LogP contribution is -2.49. The number of methoxy groups -OCH3 is 1. The standard InChI is InChI=1S/C24H26N4O2/c1-30-22-12-13-25-24(26-22)28-16-14-27(15-17-28)23(29)18-21(19-8-4-2-5-9-19)20-10-6-3-7-11-20/h2-13,21H,14-18H2,1H3. The van der Waals surface area contributed by atoms with Gasteiger partial charge in [0.1, 0.15) is 0 Å². The lowest BCUT2D eigenvalue weighted by Gasteiger charge is -2.35. The molecule has 1 fully saturated rings. The molecular formula is C24H26N4O2. The molecule has 0 saturated carbocycles. The molecule has 2 heterocycles. The van der Waals surface area contributed by atoms with Gasteiger partial charge in [0, 0.05) is 50.8 Å². The highest BCUT2D eigenvalue weighted by Gasteiger charge is 2.26. The van der Waals surface area contributed by atoms with E-state index in [1.807, 2.05) is 41.3 Å². The Morgan fingerprint density at radius 2 is 1.53 bits per heavy atom. The van der Waals surface area contributed by atoms with Gasteiger partial charge in [-0.2, -0.15) is 4.98 Å². The number of carbonyl (C=O) groups excluding carboxylic acids is 1. The van der Waals surface area contributed by atoms with Gasteiger partial charge < -0.3 is 14.5 Å². The van der Waals surface area contributed by atoms with Gasteiger partial charge in [-0.25, -0.2) is 4.98 Å². The van der Waals surface area contributed by atoms with Crippen molar-refractivity contribution in [2.75, 3.05) is 38.2 Å². The van der Waals surface area contributed by atoms with Crippen molar-refractivity contribution in [2.45, 2.75) is 12.3 Å². The van der Waals surface area contributed by atoms with Crippen molar-refractivity contribution in [1.29, 1.82) is 0 Å². The van der Waals surface area contributed by atoms with E-state index in [1.54, 1.807) is 19.4 Å². The second-order valence-electron chi connectivity index (χ2n) is 7.34. The van der Waals surface area contributed by atoms with Gasteiger partial charge in [0.05, 0.1) is 7.11 Å². The number of ether oxygens (including phenoxy) is 1. The number of piperazine rings is 1. The highest BCUT2D eigenvalue weighted by atomic mass is 16.5. The van der Waals surface area contributed by atoms with E-state index in [2.05, 4.69) is 39.1 Å². The molecule has 0 unspecified atom stereocenters. The van der Waals surface area contributed by atoms with Crippen LogP contribution in [0.25, 0.3) is 0 Å². The number of aromatic nitrogens is 2. The fraction of sp³-hybridized carbons (Fsp3) is 0.292. The van der Waals surface area contributed by atoms with Gasteiger partial charge in [-0.05, 0) is 11.1 Å². The van der Waals surface area contributed by atoms with Crippen LogP contribution in [0.5, 0.6) is 5.88 Å². The van der Waals surface area contributed by atoms with Crippen LogP contribution in [0.1, 0.15) is 23.5 Å². The Labute approximate surface area is 177 Å². The first kappa shape index (κ1) is 19.9. The molecule has 2 aromatic carbocycles. The Bertz CT molecular complexity index is 918. The van der Waals surface area contributed by atoms with Crippen molar-refractivity contribution in [1.82, 2.24) is 14.9 Å². The normalized spacial score (nSPS) is 14.1. The van der Waals surface area contributed by atoms with Crippen LogP contribution in [0.3, 0.4) is 0 Å². The van der Waals surface area contributed by atoms with Crippen LogP contribution in [0.2, 0.25) is 0 Å². The van der Waals surface area contributed by atoms with Crippen molar-refractivity contribution in [3.8, 4) is 5.88 Å². The number of anilines is 1. The molecule has 0 N–H and O–H groups in total. The predicted molar refractivity (Wildman–Crippen MR) is 117 cm³/mol. The van der Waals surface area contributed by atoms with Crippen LogP contribution in [0, 0.1) is 0 Å². The molecule has 6 nitrogen and oxygen atoms in total. The largest absolute Gasteiger partial charge is 0.481 e. The van der Waals surface area contributed by atoms with Crippen LogP contribution in [-0.2, 0) is 4.79 Å². The van der Waals surface area contributed by atoms with Gasteiger partial charge >= 0.3 is 0 Å². The zero-order chi connectivity index (χ0) is 20.8. The van der Waals surface area contributed by atoms with E-state index in [9.17, 15) is 4.79 Å². The monoisotopic (exact) mass is 402 g/mol. The average Bonchev–Trinajstić information content (AvgIpc) is 2.83. The summed E-state index contributed by atoms with van der Waals surface area (Å²) in [7, 11) is 1.60. The molecule has 6 heteroatoms. The third-order valence-corrected chi connectivity index (χ3v) is 5.52. The highest BCUT2D eigenvalue weighted by molar-refractivity contribution is 5.78. The fourth-order valence-corrected chi connectivity index (χ4v) is 3.86. The Morgan fingerprint density at radius 1 is 0.933 bits per heavy atom. The van der Waals surface area contributed by atoms with Gasteiger partial charge in [0.2, 0.25) is 17.7 Å². The first-order valence-corrected chi connectivity index (χ1v) is 10.2. The number of carbonyl (C=O) groups is 1. The zero-order valence-corrected chi connectivity index (χ0v) is 17.1. The van der Waals surface area contributed by atoms with Crippen LogP contribution >= 0.6 is 0 Å². The topological polar surface area (TPSA) is 58.6 Å². The molecule has 0 atom stereocenters. The molecule has 0 bridgehead atoms. The Kier molecular flexibility index (Phi) is 6.23. The minimum Gasteiger partial charge on any atom is -0.481 e. The SMILES string of the molecule is COc1ccnc(N2CCN(C(=O)CC(c3ccccc3)c3ccccc3)CC2)n1. The first-order chi connectivity index (χ1) is 14.7. The lowest BCUT2D eigenvalue weighted by atomic mass is 9.88. The Balaban J connectivity index is 1.43. The fourth-order valence-electron chi connectivity index (χ4n) is 3.86. The van der Waals surface area contributed by atoms with E-state index < -0.39 is 0 Å². The van der Waals surface area contributed by atoms with Crippen molar-refractivity contribution < 1.29 is 9.53 Å². The van der Waals surface area contributed by atoms with E-state index in [1.165, 1.54) is 11.1 Å². The molecule has 0 aliphatic carbocycles. The van der Waals surface area contributed by atoms with Gasteiger partial charge in [-0.1, -0.05) is 60.7 Å². The predicted octanol–water partition coefficient (Wildman–Crippen LogP) is 3.36. The summed E-state index contributed by atoms with van der Waals surface area (Å²) in [5.74, 6) is 1.43. The molecule has 1 aromatic heterocycles. The number of benzene rings is 2. The lowest BCUT2D eigenvalue weighted by molar-refractivity contribution is -0.131. The van der Waals surface area contributed by atoms with E-state index in [0.29, 0.717) is 44.4 Å². The molecule has 1 saturated heterocycles. The van der Waals surface area contributed by atoms with Gasteiger partial charge in [-0.15, -0.1) is 0 Å². The van der Waals surface area contributed by atoms with E-state index >= 15 is 0 Å². The van der Waals surface area contributed by atoms with Gasteiger partial charge in [-0.3, -0.25) is 4.79 Å². The first-order valence-electron chi connectivity index (χ1n) is 10.2. The molecule has 4 rings (SSSR count). The molecule has 0 radical (unpaired) electrons. The summed E-state index contributed by atoms with van der Waals surface area (Å²) in [6, 6.07) is 22.3. The third-order valence-electron chi connectivity index (χ3n) is 5.52. The van der Waals surface area contributed by atoms with Crippen molar-refractivity contribution in [3.63, 3.8) is 0 Å². The third kappa shape index (κ3) is 4.59. The zero-order valence-electron chi connectivity index (χ0n) is 17.1. The molecule has 1 amide bonds. The number of hydrogen-bond acceptors (Lipinski definition) is 5. The summed E-state index contributed by atoms with van der Waals surface area (Å²) in [4.78, 5) is 25.9. The smallest absolute Gasteiger partial charge is 0.228 e. The second-order valence-corrected chi connectivity index (χ2v) is 7.34. The second kappa shape index (κ2) is 9.39. The van der Waals surface area contributed by atoms with E-state index in [-0.39, 0.29) is 11.8 Å². The van der Waals surface area contributed by atoms with E-state index in [4.69, 9.17) is 4.74 Å². The minimum atomic E-state index is 0.0552. The molecule has 1 aliphatic rings. The van der Waals surface area contributed by atoms with Crippen LogP contribution < -0.4 is 9.64 Å². The minimum absolute atomic E-state index is 0.0552. The summed E-state index contributed by atoms with van der Waals surface area (Å²) < 4.78 is 5.19. The highest BCUT2D eigenvalue weighted by Crippen LogP contribution is 2.29. The number of hydrogen-bond donors (Lipinski definition) is 0. The van der Waals surface area contributed by atoms with Crippen LogP contribution in [0.4, 0.5) is 5.95 Å². The maximum atomic E-state index is 13.2. The van der Waals surface area contributed by atoms with Gasteiger partial charge in [0.25, 0.3) is 0 Å². The Hall–Kier alpha value is -3.41. The van der Waals surface area contributed by atoms with Crippen molar-refractivity contribution in [2.24, 2.45) is 0 Å². The number of rotatable bonds is 6. The van der Waals surface area contributed by atoms with E-state index in [0.717, 1.165) is 0 Å². The van der Waals surface area contributed by atoms with Crippen LogP contribution in [-0.4, -0.2) is 54.1 Å². The molecule has 0 spiro atoms. The molecule has 154 valence electrons. The molecule has 1 aliphatic heterocycles. The average molecular weight is 402 g/mol. The van der Waals surface area contributed by atoms with Gasteiger partial charge in [0.15, 0.2) is 0 Å². The van der Waals surface area contributed by atoms with Crippen LogP contribution in [0.15, 0.2) is 72.9 Å². The summed E-state index contributed by atoms with van der Waals surface area (Å²) in [6.45, 7) is 2.74. The maximum absolute atomic E-state index is 13.2. The Morgan fingerprint density at radius 3 is 2.10 bits per heavy atom. The molecule has 30 heavy (non-hydrogen) atoms. The van der Waals surface area contributed by atoms with Crippen molar-refractivity contribution >= 4 is 11.9 Å².